The molecule has 8 heteroatoms. The van der Waals surface area contributed by atoms with Gasteiger partial charge in [-0.05, 0) is 42.0 Å². The largest absolute Gasteiger partial charge is 0.497 e. The molecule has 1 unspecified atom stereocenters. The number of benzene rings is 2. The molecule has 0 N–H and O–H groups in total. The van der Waals surface area contributed by atoms with Crippen LogP contribution in [-0.4, -0.2) is 35.4 Å². The molecule has 0 bridgehead atoms. The first-order valence-electron chi connectivity index (χ1n) is 10.6. The molecule has 166 valence electrons. The van der Waals surface area contributed by atoms with Crippen LogP contribution in [0.25, 0.3) is 10.2 Å². The maximum absolute atomic E-state index is 13.7. The Kier molecular flexibility index (Phi) is 5.75. The number of aromatic nitrogens is 2. The molecule has 2 amide bonds. The van der Waals surface area contributed by atoms with Crippen LogP contribution in [0.5, 0.6) is 5.75 Å². The molecule has 0 aliphatic carbocycles. The van der Waals surface area contributed by atoms with E-state index in [2.05, 4.69) is 4.98 Å². The van der Waals surface area contributed by atoms with Crippen molar-refractivity contribution in [2.45, 2.75) is 13.0 Å². The van der Waals surface area contributed by atoms with Gasteiger partial charge < -0.3 is 9.64 Å². The fourth-order valence-electron chi connectivity index (χ4n) is 4.00. The highest BCUT2D eigenvalue weighted by atomic mass is 32.1. The van der Waals surface area contributed by atoms with Crippen LogP contribution in [0.15, 0.2) is 73.1 Å². The number of ether oxygens (including phenoxy) is 1. The first-order valence-corrected chi connectivity index (χ1v) is 11.4. The molecule has 1 aliphatic heterocycles. The second kappa shape index (κ2) is 8.99. The number of rotatable bonds is 6. The van der Waals surface area contributed by atoms with Gasteiger partial charge in [-0.3, -0.25) is 19.5 Å². The molecule has 3 heterocycles. The molecule has 1 fully saturated rings. The lowest BCUT2D eigenvalue weighted by Crippen LogP contribution is -2.37. The molecule has 1 aliphatic rings. The maximum atomic E-state index is 13.7. The quantitative estimate of drug-likeness (QED) is 0.431. The van der Waals surface area contributed by atoms with Crippen LogP contribution < -0.4 is 14.5 Å². The second-order valence-electron chi connectivity index (χ2n) is 7.86. The molecular weight excluding hydrogens is 436 g/mol. The number of nitrogens with zero attached hydrogens (tertiary/aromatic N) is 4. The van der Waals surface area contributed by atoms with Gasteiger partial charge in [-0.15, -0.1) is 0 Å². The van der Waals surface area contributed by atoms with Crippen molar-refractivity contribution in [3.8, 4) is 5.75 Å². The highest BCUT2D eigenvalue weighted by Gasteiger charge is 2.38. The van der Waals surface area contributed by atoms with Crippen molar-refractivity contribution >= 4 is 44.2 Å². The van der Waals surface area contributed by atoms with E-state index in [-0.39, 0.29) is 18.2 Å². The Balaban J connectivity index is 1.47. The van der Waals surface area contributed by atoms with Crippen LogP contribution in [-0.2, 0) is 16.1 Å². The minimum absolute atomic E-state index is 0.0464. The highest BCUT2D eigenvalue weighted by Crippen LogP contribution is 2.34. The van der Waals surface area contributed by atoms with Crippen LogP contribution in [0.3, 0.4) is 0 Å². The molecule has 33 heavy (non-hydrogen) atoms. The number of hydrogen-bond donors (Lipinski definition) is 0. The highest BCUT2D eigenvalue weighted by molar-refractivity contribution is 7.22. The Hall–Kier alpha value is -3.78. The summed E-state index contributed by atoms with van der Waals surface area (Å²) >= 11 is 1.43. The van der Waals surface area contributed by atoms with Gasteiger partial charge in [-0.1, -0.05) is 35.6 Å². The number of anilines is 2. The van der Waals surface area contributed by atoms with E-state index < -0.39 is 5.92 Å². The Bertz CT molecular complexity index is 1290. The van der Waals surface area contributed by atoms with Gasteiger partial charge >= 0.3 is 0 Å². The van der Waals surface area contributed by atoms with Crippen molar-refractivity contribution in [2.24, 2.45) is 5.92 Å². The molecule has 0 radical (unpaired) electrons. The summed E-state index contributed by atoms with van der Waals surface area (Å²) in [6, 6.07) is 18.9. The van der Waals surface area contributed by atoms with Crippen molar-refractivity contribution in [3.05, 3.63) is 78.6 Å². The molecule has 4 aromatic rings. The molecule has 0 spiro atoms. The molecule has 5 rings (SSSR count). The van der Waals surface area contributed by atoms with Crippen LogP contribution in [0.2, 0.25) is 0 Å². The molecular formula is C25H22N4O3S. The first kappa shape index (κ1) is 21.1. The Morgan fingerprint density at radius 3 is 2.79 bits per heavy atom. The molecule has 2 aromatic carbocycles. The van der Waals surface area contributed by atoms with E-state index in [9.17, 15) is 9.59 Å². The van der Waals surface area contributed by atoms with E-state index in [1.54, 1.807) is 29.3 Å². The van der Waals surface area contributed by atoms with Gasteiger partial charge in [-0.2, -0.15) is 0 Å². The van der Waals surface area contributed by atoms with Gasteiger partial charge in [0, 0.05) is 31.0 Å². The lowest BCUT2D eigenvalue weighted by atomic mass is 10.1. The standard InChI is InChI=1S/C25H22N4O3S/c1-32-20-9-10-21-22(13-20)33-25(27-21)29(15-17-6-5-11-26-14-17)24(31)18-12-23(30)28(16-18)19-7-3-2-4-8-19/h2-11,13-14,18H,12,15-16H2,1H3. The van der Waals surface area contributed by atoms with Gasteiger partial charge in [0.05, 0.1) is 29.8 Å². The van der Waals surface area contributed by atoms with Crippen molar-refractivity contribution in [1.29, 1.82) is 0 Å². The van der Waals surface area contributed by atoms with Gasteiger partial charge in [0.1, 0.15) is 5.75 Å². The number of fused-ring (bicyclic) bond motifs is 1. The molecule has 1 saturated heterocycles. The number of methoxy groups -OCH3 is 1. The Morgan fingerprint density at radius 1 is 1.18 bits per heavy atom. The van der Waals surface area contributed by atoms with Gasteiger partial charge in [0.25, 0.3) is 0 Å². The lowest BCUT2D eigenvalue weighted by molar-refractivity contribution is -0.124. The number of carbonyl (C=O) groups is 2. The van der Waals surface area contributed by atoms with E-state index in [0.717, 1.165) is 27.2 Å². The molecule has 0 saturated carbocycles. The third kappa shape index (κ3) is 4.29. The number of carbonyl (C=O) groups excluding carboxylic acids is 2. The van der Waals surface area contributed by atoms with E-state index in [4.69, 9.17) is 9.72 Å². The Labute approximate surface area is 195 Å². The Morgan fingerprint density at radius 2 is 2.03 bits per heavy atom. The average Bonchev–Trinajstić information content (AvgIpc) is 3.46. The number of thiazole rings is 1. The molecule has 7 nitrogen and oxygen atoms in total. The first-order chi connectivity index (χ1) is 16.1. The van der Waals surface area contributed by atoms with Crippen molar-refractivity contribution in [3.63, 3.8) is 0 Å². The summed E-state index contributed by atoms with van der Waals surface area (Å²) in [5, 5.41) is 0.595. The van der Waals surface area contributed by atoms with Crippen molar-refractivity contribution in [1.82, 2.24) is 9.97 Å². The fourth-order valence-corrected chi connectivity index (χ4v) is 5.00. The predicted molar refractivity (Wildman–Crippen MR) is 129 cm³/mol. The number of amides is 2. The van der Waals surface area contributed by atoms with Crippen LogP contribution in [0, 0.1) is 5.92 Å². The van der Waals surface area contributed by atoms with E-state index in [0.29, 0.717) is 18.2 Å². The summed E-state index contributed by atoms with van der Waals surface area (Å²) in [4.78, 5) is 38.8. The lowest BCUT2D eigenvalue weighted by Gasteiger charge is -2.23. The molecule has 1 atom stereocenters. The van der Waals surface area contributed by atoms with Crippen LogP contribution in [0.1, 0.15) is 12.0 Å². The minimum atomic E-state index is -0.448. The molecule has 2 aromatic heterocycles. The van der Waals surface area contributed by atoms with Crippen LogP contribution in [0.4, 0.5) is 10.8 Å². The smallest absolute Gasteiger partial charge is 0.234 e. The maximum Gasteiger partial charge on any atom is 0.234 e. The zero-order valence-corrected chi connectivity index (χ0v) is 18.9. The number of para-hydroxylation sites is 1. The summed E-state index contributed by atoms with van der Waals surface area (Å²) in [5.41, 5.74) is 2.50. The summed E-state index contributed by atoms with van der Waals surface area (Å²) in [7, 11) is 1.62. The van der Waals surface area contributed by atoms with E-state index in [1.807, 2.05) is 60.7 Å². The van der Waals surface area contributed by atoms with Gasteiger partial charge in [0.15, 0.2) is 5.13 Å². The summed E-state index contributed by atoms with van der Waals surface area (Å²) < 4.78 is 6.26. The topological polar surface area (TPSA) is 75.6 Å². The third-order valence-electron chi connectivity index (χ3n) is 5.69. The average molecular weight is 459 g/mol. The normalized spacial score (nSPS) is 15.7. The van der Waals surface area contributed by atoms with Crippen molar-refractivity contribution < 1.29 is 14.3 Å². The summed E-state index contributed by atoms with van der Waals surface area (Å²) in [5.74, 6) is 0.130. The monoisotopic (exact) mass is 458 g/mol. The third-order valence-corrected chi connectivity index (χ3v) is 6.73. The fraction of sp³-hybridized carbons (Fsp3) is 0.200. The van der Waals surface area contributed by atoms with E-state index >= 15 is 0 Å². The SMILES string of the molecule is COc1ccc2nc(N(Cc3cccnc3)C(=O)C3CC(=O)N(c4ccccc4)C3)sc2c1. The summed E-state index contributed by atoms with van der Waals surface area (Å²) in [6.45, 7) is 0.684. The van der Waals surface area contributed by atoms with Crippen molar-refractivity contribution in [2.75, 3.05) is 23.5 Å². The van der Waals surface area contributed by atoms with Gasteiger partial charge in [-0.25, -0.2) is 4.98 Å². The summed E-state index contributed by atoms with van der Waals surface area (Å²) in [6.07, 6.45) is 3.62. The predicted octanol–water partition coefficient (Wildman–Crippen LogP) is 4.29. The second-order valence-corrected chi connectivity index (χ2v) is 8.87. The number of pyridine rings is 1. The van der Waals surface area contributed by atoms with Crippen LogP contribution >= 0.6 is 11.3 Å². The van der Waals surface area contributed by atoms with Gasteiger partial charge in [0.2, 0.25) is 11.8 Å². The minimum Gasteiger partial charge on any atom is -0.497 e. The zero-order valence-electron chi connectivity index (χ0n) is 18.0. The zero-order chi connectivity index (χ0) is 22.8. The number of hydrogen-bond acceptors (Lipinski definition) is 6. The van der Waals surface area contributed by atoms with E-state index in [1.165, 1.54) is 11.3 Å².